The van der Waals surface area contributed by atoms with E-state index in [1.165, 1.54) is 11.3 Å². The molecule has 6 heteroatoms. The molecule has 2 aromatic rings. The van der Waals surface area contributed by atoms with Crippen molar-refractivity contribution in [1.29, 1.82) is 5.26 Å². The van der Waals surface area contributed by atoms with Gasteiger partial charge in [-0.05, 0) is 18.6 Å². The third kappa shape index (κ3) is 4.50. The predicted octanol–water partition coefficient (Wildman–Crippen LogP) is -0.214. The summed E-state index contributed by atoms with van der Waals surface area (Å²) >= 11 is 6.71. The lowest BCUT2D eigenvalue weighted by atomic mass is 10.2. The van der Waals surface area contributed by atoms with Gasteiger partial charge in [-0.3, -0.25) is 0 Å². The summed E-state index contributed by atoms with van der Waals surface area (Å²) in [4.78, 5) is 3.88. The van der Waals surface area contributed by atoms with Crippen molar-refractivity contribution in [3.63, 3.8) is 0 Å². The van der Waals surface area contributed by atoms with Crippen LogP contribution in [-0.4, -0.2) is 10.8 Å². The van der Waals surface area contributed by atoms with Crippen LogP contribution in [0.1, 0.15) is 30.2 Å². The summed E-state index contributed by atoms with van der Waals surface area (Å²) in [6.45, 7) is 2.99. The lowest BCUT2D eigenvalue weighted by molar-refractivity contribution is -0.355. The lowest BCUT2D eigenvalue weighted by Crippen LogP contribution is -3.00. The normalized spacial score (nSPS) is 10.3. The van der Waals surface area contributed by atoms with Crippen LogP contribution in [0.15, 0.2) is 30.3 Å². The Balaban J connectivity index is 0.00000220. The highest BCUT2D eigenvalue weighted by Gasteiger charge is 2.18. The van der Waals surface area contributed by atoms with E-state index in [1.54, 1.807) is 0 Å². The highest BCUT2D eigenvalue weighted by atomic mass is 35.5. The standard InChI is InChI=1S/C15H15N3S2.ClH/c1-2-3-9-18-14(13(10-16)20-15(18)19)17-11-12-7-5-4-6-8-12;/h4-8,11H,2-3,9H2,1H3;1H. The topological polar surface area (TPSA) is 42.7 Å². The summed E-state index contributed by atoms with van der Waals surface area (Å²) < 4.78 is 2.76. The van der Waals surface area contributed by atoms with Crippen molar-refractivity contribution in [1.82, 2.24) is 4.57 Å². The van der Waals surface area contributed by atoms with Gasteiger partial charge in [-0.15, -0.1) is 0 Å². The van der Waals surface area contributed by atoms with E-state index < -0.39 is 0 Å². The van der Waals surface area contributed by atoms with Crippen molar-refractivity contribution in [2.75, 3.05) is 0 Å². The number of nitrogens with zero attached hydrogens (tertiary/aromatic N) is 2. The van der Waals surface area contributed by atoms with Crippen molar-refractivity contribution in [2.45, 2.75) is 26.3 Å². The summed E-state index contributed by atoms with van der Waals surface area (Å²) in [6.07, 6.45) is 4.05. The number of unbranched alkanes of at least 4 members (excludes halogenated alkanes) is 1. The van der Waals surface area contributed by atoms with Gasteiger partial charge < -0.3 is 12.4 Å². The van der Waals surface area contributed by atoms with Crippen LogP contribution in [0.25, 0.3) is 0 Å². The number of benzene rings is 1. The van der Waals surface area contributed by atoms with Gasteiger partial charge in [0.25, 0.3) is 3.95 Å². The number of thiazole rings is 1. The number of halogens is 1. The first-order chi connectivity index (χ1) is 9.76. The van der Waals surface area contributed by atoms with Gasteiger partial charge in [-0.2, -0.15) is 5.26 Å². The highest BCUT2D eigenvalue weighted by Crippen LogP contribution is 2.20. The minimum atomic E-state index is 0. The average molecular weight is 338 g/mol. The summed E-state index contributed by atoms with van der Waals surface area (Å²) in [6, 6.07) is 12.2. The van der Waals surface area contributed by atoms with Crippen LogP contribution in [0, 0.1) is 15.3 Å². The zero-order valence-corrected chi connectivity index (χ0v) is 14.1. The van der Waals surface area contributed by atoms with Crippen LogP contribution in [-0.2, 0) is 6.54 Å². The van der Waals surface area contributed by atoms with E-state index in [4.69, 9.17) is 12.2 Å². The van der Waals surface area contributed by atoms with Crippen LogP contribution >= 0.6 is 23.6 Å². The third-order valence-corrected chi connectivity index (χ3v) is 4.26. The van der Waals surface area contributed by atoms with E-state index in [0.29, 0.717) is 4.88 Å². The van der Waals surface area contributed by atoms with Gasteiger partial charge in [0, 0.05) is 5.56 Å². The van der Waals surface area contributed by atoms with Crippen molar-refractivity contribution in [3.8, 4) is 6.07 Å². The molecule has 1 aromatic carbocycles. The zero-order chi connectivity index (χ0) is 14.4. The monoisotopic (exact) mass is 337 g/mol. The van der Waals surface area contributed by atoms with Crippen LogP contribution in [0.3, 0.4) is 0 Å². The Morgan fingerprint density at radius 1 is 1.38 bits per heavy atom. The molecular weight excluding hydrogens is 322 g/mol. The van der Waals surface area contributed by atoms with E-state index in [0.717, 1.165) is 34.7 Å². The van der Waals surface area contributed by atoms with Crippen molar-refractivity contribution < 1.29 is 17.4 Å². The zero-order valence-electron chi connectivity index (χ0n) is 11.7. The fourth-order valence-electron chi connectivity index (χ4n) is 1.84. The molecule has 1 N–H and O–H groups in total. The SMILES string of the molecule is CCCCn1c([NH+]=Cc2ccccc2)c(C#N)sc1=S.[Cl-]. The predicted molar refractivity (Wildman–Crippen MR) is 85.0 cm³/mol. The summed E-state index contributed by atoms with van der Waals surface area (Å²) in [7, 11) is 0. The van der Waals surface area contributed by atoms with Crippen molar-refractivity contribution in [2.24, 2.45) is 0 Å². The molecule has 110 valence electrons. The molecule has 0 radical (unpaired) electrons. The highest BCUT2D eigenvalue weighted by molar-refractivity contribution is 7.73. The molecule has 1 aromatic heterocycles. The van der Waals surface area contributed by atoms with Gasteiger partial charge in [0.15, 0.2) is 4.88 Å². The second-order valence-corrected chi connectivity index (χ2v) is 6.01. The Labute approximate surface area is 140 Å². The number of rotatable bonds is 5. The molecule has 0 unspecified atom stereocenters. The fourth-order valence-corrected chi connectivity index (χ4v) is 3.06. The Hall–Kier alpha value is -1.48. The van der Waals surface area contributed by atoms with Gasteiger partial charge in [-0.1, -0.05) is 55.0 Å². The quantitative estimate of drug-likeness (QED) is 0.606. The first-order valence-electron chi connectivity index (χ1n) is 6.54. The van der Waals surface area contributed by atoms with Gasteiger partial charge in [0.05, 0.1) is 12.8 Å². The van der Waals surface area contributed by atoms with Crippen LogP contribution in [0.2, 0.25) is 0 Å². The number of nitriles is 1. The molecule has 0 atom stereocenters. The molecule has 0 aliphatic carbocycles. The molecular formula is C15H16ClN3S2. The molecule has 2 rings (SSSR count). The first kappa shape index (κ1) is 17.6. The first-order valence-corrected chi connectivity index (χ1v) is 7.77. The summed E-state index contributed by atoms with van der Waals surface area (Å²) in [5.41, 5.74) is 1.07. The molecule has 0 amide bonds. The van der Waals surface area contributed by atoms with Gasteiger partial charge in [0.2, 0.25) is 0 Å². The van der Waals surface area contributed by atoms with Crippen LogP contribution in [0.4, 0.5) is 5.82 Å². The number of hydrogen-bond acceptors (Lipinski definition) is 3. The maximum Gasteiger partial charge on any atom is 0.309 e. The Kier molecular flexibility index (Phi) is 7.30. The number of hydrogen-bond donors (Lipinski definition) is 1. The number of aromatic nitrogens is 1. The molecule has 0 bridgehead atoms. The molecule has 1 heterocycles. The van der Waals surface area contributed by atoms with E-state index in [1.807, 2.05) is 41.1 Å². The van der Waals surface area contributed by atoms with Gasteiger partial charge >= 0.3 is 5.82 Å². The van der Waals surface area contributed by atoms with E-state index >= 15 is 0 Å². The molecule has 21 heavy (non-hydrogen) atoms. The van der Waals surface area contributed by atoms with Crippen LogP contribution in [0.5, 0.6) is 0 Å². The molecule has 0 fully saturated rings. The minimum Gasteiger partial charge on any atom is -1.00 e. The lowest BCUT2D eigenvalue weighted by Gasteiger charge is -1.97. The fraction of sp³-hybridized carbons (Fsp3) is 0.267. The van der Waals surface area contributed by atoms with E-state index in [2.05, 4.69) is 18.0 Å². The summed E-state index contributed by atoms with van der Waals surface area (Å²) in [5.74, 6) is 0.805. The Bertz CT molecular complexity index is 696. The molecule has 0 saturated heterocycles. The minimum absolute atomic E-state index is 0. The molecule has 0 aliphatic heterocycles. The Morgan fingerprint density at radius 3 is 2.71 bits per heavy atom. The Morgan fingerprint density at radius 2 is 2.10 bits per heavy atom. The molecule has 0 aliphatic rings. The van der Waals surface area contributed by atoms with Crippen LogP contribution < -0.4 is 17.4 Å². The van der Waals surface area contributed by atoms with E-state index in [-0.39, 0.29) is 12.4 Å². The van der Waals surface area contributed by atoms with Crippen molar-refractivity contribution >= 4 is 35.6 Å². The third-order valence-electron chi connectivity index (χ3n) is 2.91. The second kappa shape index (κ2) is 8.73. The molecule has 0 spiro atoms. The maximum atomic E-state index is 9.23. The maximum absolute atomic E-state index is 9.23. The smallest absolute Gasteiger partial charge is 0.309 e. The second-order valence-electron chi connectivity index (χ2n) is 4.36. The van der Waals surface area contributed by atoms with Gasteiger partial charge in [0.1, 0.15) is 6.07 Å². The molecule has 3 nitrogen and oxygen atoms in total. The average Bonchev–Trinajstić information content (AvgIpc) is 2.79. The van der Waals surface area contributed by atoms with E-state index in [9.17, 15) is 5.26 Å². The summed E-state index contributed by atoms with van der Waals surface area (Å²) in [5, 5.41) is 9.23. The largest absolute Gasteiger partial charge is 1.00 e. The van der Waals surface area contributed by atoms with Crippen molar-refractivity contribution in [3.05, 3.63) is 44.7 Å². The van der Waals surface area contributed by atoms with Gasteiger partial charge in [-0.25, -0.2) is 9.56 Å². The number of nitrogens with one attached hydrogen (secondary N) is 1. The molecule has 0 saturated carbocycles.